The Hall–Kier alpha value is -1.93. The second kappa shape index (κ2) is 8.64. The summed E-state index contributed by atoms with van der Waals surface area (Å²) < 4.78 is 0. The van der Waals surface area contributed by atoms with Crippen LogP contribution in [0.4, 0.5) is 0 Å². The van der Waals surface area contributed by atoms with Crippen LogP contribution in [-0.2, 0) is 12.8 Å². The smallest absolute Gasteiger partial charge is 0.163 e. The first-order valence-electron chi connectivity index (χ1n) is 8.37. The molecule has 0 fully saturated rings. The molecule has 0 unspecified atom stereocenters. The van der Waals surface area contributed by atoms with Crippen LogP contribution in [-0.4, -0.2) is 31.3 Å². The van der Waals surface area contributed by atoms with Gasteiger partial charge in [-0.25, -0.2) is 0 Å². The van der Waals surface area contributed by atoms with Crippen LogP contribution in [0.5, 0.6) is 0 Å². The van der Waals surface area contributed by atoms with Crippen LogP contribution < -0.4 is 0 Å². The molecule has 2 aromatic carbocycles. The molecule has 0 saturated heterocycles. The fourth-order valence-electron chi connectivity index (χ4n) is 2.74. The number of benzene rings is 2. The molecule has 23 heavy (non-hydrogen) atoms. The van der Waals surface area contributed by atoms with Crippen LogP contribution >= 0.6 is 0 Å². The van der Waals surface area contributed by atoms with Gasteiger partial charge in [-0.1, -0.05) is 48.5 Å². The molecule has 0 spiro atoms. The minimum absolute atomic E-state index is 0.230. The van der Waals surface area contributed by atoms with Crippen LogP contribution in [0.15, 0.2) is 48.5 Å². The largest absolute Gasteiger partial charge is 0.309 e. The lowest BCUT2D eigenvalue weighted by atomic mass is 9.98. The van der Waals surface area contributed by atoms with Crippen LogP contribution in [0.2, 0.25) is 0 Å². The first-order chi connectivity index (χ1) is 11.1. The quantitative estimate of drug-likeness (QED) is 0.677. The molecule has 0 aliphatic carbocycles. The first-order valence-corrected chi connectivity index (χ1v) is 8.37. The maximum atomic E-state index is 12.3. The average Bonchev–Trinajstić information content (AvgIpc) is 2.54. The molecule has 0 saturated carbocycles. The van der Waals surface area contributed by atoms with Crippen LogP contribution in [0.1, 0.15) is 39.9 Å². The van der Waals surface area contributed by atoms with Crippen molar-refractivity contribution < 1.29 is 4.79 Å². The van der Waals surface area contributed by atoms with Crippen molar-refractivity contribution in [1.82, 2.24) is 4.90 Å². The molecule has 0 radical (unpaired) electrons. The number of rotatable bonds is 8. The van der Waals surface area contributed by atoms with Gasteiger partial charge in [0.1, 0.15) is 0 Å². The lowest BCUT2D eigenvalue weighted by Crippen LogP contribution is -2.13. The summed E-state index contributed by atoms with van der Waals surface area (Å²) in [5.74, 6) is 0.230. The second-order valence-corrected chi connectivity index (χ2v) is 6.45. The van der Waals surface area contributed by atoms with Crippen molar-refractivity contribution in [1.29, 1.82) is 0 Å². The first kappa shape index (κ1) is 17.4. The summed E-state index contributed by atoms with van der Waals surface area (Å²) >= 11 is 0. The molecule has 0 heterocycles. The van der Waals surface area contributed by atoms with E-state index < -0.39 is 0 Å². The summed E-state index contributed by atoms with van der Waals surface area (Å²) in [6.07, 6.45) is 3.60. The minimum Gasteiger partial charge on any atom is -0.309 e. The Labute approximate surface area is 140 Å². The van der Waals surface area contributed by atoms with Gasteiger partial charge in [0.25, 0.3) is 0 Å². The Kier molecular flexibility index (Phi) is 6.54. The lowest BCUT2D eigenvalue weighted by molar-refractivity contribution is 0.0983. The minimum atomic E-state index is 0.230. The standard InChI is InChI=1S/C21H27NO/c1-17-7-4-5-9-19(17)14-15-21(23)20-12-10-18(11-13-20)8-6-16-22(2)3/h4-5,7,9-13H,6,8,14-16H2,1-3H3. The second-order valence-electron chi connectivity index (χ2n) is 6.45. The molecule has 2 rings (SSSR count). The van der Waals surface area contributed by atoms with E-state index in [-0.39, 0.29) is 5.78 Å². The van der Waals surface area contributed by atoms with E-state index in [4.69, 9.17) is 0 Å². The van der Waals surface area contributed by atoms with Crippen molar-refractivity contribution in [2.75, 3.05) is 20.6 Å². The van der Waals surface area contributed by atoms with E-state index in [1.54, 1.807) is 0 Å². The van der Waals surface area contributed by atoms with Crippen LogP contribution in [0.3, 0.4) is 0 Å². The summed E-state index contributed by atoms with van der Waals surface area (Å²) in [4.78, 5) is 14.5. The fraction of sp³-hybridized carbons (Fsp3) is 0.381. The SMILES string of the molecule is Cc1ccccc1CCC(=O)c1ccc(CCCN(C)C)cc1. The Morgan fingerprint density at radius 1 is 0.957 bits per heavy atom. The third kappa shape index (κ3) is 5.65. The zero-order valence-electron chi connectivity index (χ0n) is 14.5. The highest BCUT2D eigenvalue weighted by Crippen LogP contribution is 2.13. The number of ketones is 1. The van der Waals surface area contributed by atoms with Crippen molar-refractivity contribution >= 4 is 5.78 Å². The van der Waals surface area contributed by atoms with Gasteiger partial charge in [-0.15, -0.1) is 0 Å². The number of Topliss-reactive ketones (excluding diaryl/α,β-unsaturated/α-hetero) is 1. The molecule has 2 heteroatoms. The predicted molar refractivity (Wildman–Crippen MR) is 97.1 cm³/mol. The van der Waals surface area contributed by atoms with Crippen molar-refractivity contribution in [3.63, 3.8) is 0 Å². The van der Waals surface area contributed by atoms with Gasteiger partial charge >= 0.3 is 0 Å². The van der Waals surface area contributed by atoms with Gasteiger partial charge in [0.05, 0.1) is 0 Å². The molecule has 0 amide bonds. The average molecular weight is 309 g/mol. The Morgan fingerprint density at radius 2 is 1.65 bits per heavy atom. The van der Waals surface area contributed by atoms with Crippen molar-refractivity contribution in [3.05, 3.63) is 70.8 Å². The van der Waals surface area contributed by atoms with E-state index in [9.17, 15) is 4.79 Å². The molecule has 0 atom stereocenters. The summed E-state index contributed by atoms with van der Waals surface area (Å²) in [5.41, 5.74) is 4.66. The van der Waals surface area contributed by atoms with Gasteiger partial charge in [0, 0.05) is 12.0 Å². The maximum Gasteiger partial charge on any atom is 0.163 e. The normalized spacial score (nSPS) is 11.0. The van der Waals surface area contributed by atoms with E-state index in [0.29, 0.717) is 6.42 Å². The van der Waals surface area contributed by atoms with Gasteiger partial charge < -0.3 is 4.90 Å². The van der Waals surface area contributed by atoms with Crippen LogP contribution in [0.25, 0.3) is 0 Å². The Morgan fingerprint density at radius 3 is 2.30 bits per heavy atom. The van der Waals surface area contributed by atoms with E-state index in [1.165, 1.54) is 16.7 Å². The van der Waals surface area contributed by atoms with Crippen molar-refractivity contribution in [3.8, 4) is 0 Å². The van der Waals surface area contributed by atoms with Crippen LogP contribution in [0, 0.1) is 6.92 Å². The number of aryl methyl sites for hydroxylation is 3. The van der Waals surface area contributed by atoms with Gasteiger partial charge in [-0.3, -0.25) is 4.79 Å². The highest BCUT2D eigenvalue weighted by atomic mass is 16.1. The molecule has 2 nitrogen and oxygen atoms in total. The zero-order valence-corrected chi connectivity index (χ0v) is 14.5. The van der Waals surface area contributed by atoms with Crippen molar-refractivity contribution in [2.24, 2.45) is 0 Å². The summed E-state index contributed by atoms with van der Waals surface area (Å²) in [7, 11) is 4.19. The molecule has 0 N–H and O–H groups in total. The van der Waals surface area contributed by atoms with E-state index >= 15 is 0 Å². The number of carbonyl (C=O) groups excluding carboxylic acids is 1. The molecular formula is C21H27NO. The van der Waals surface area contributed by atoms with Gasteiger partial charge in [0.2, 0.25) is 0 Å². The van der Waals surface area contributed by atoms with E-state index in [2.05, 4.69) is 50.2 Å². The Bertz CT molecular complexity index is 629. The molecule has 0 aliphatic heterocycles. The monoisotopic (exact) mass is 309 g/mol. The molecule has 122 valence electrons. The van der Waals surface area contributed by atoms with E-state index in [1.807, 2.05) is 24.3 Å². The third-order valence-electron chi connectivity index (χ3n) is 4.23. The third-order valence-corrected chi connectivity index (χ3v) is 4.23. The maximum absolute atomic E-state index is 12.3. The molecule has 0 aliphatic rings. The summed E-state index contributed by atoms with van der Waals surface area (Å²) in [6, 6.07) is 16.4. The molecular weight excluding hydrogens is 282 g/mol. The highest BCUT2D eigenvalue weighted by Gasteiger charge is 2.07. The fourth-order valence-corrected chi connectivity index (χ4v) is 2.74. The molecule has 0 bridgehead atoms. The molecule has 0 aromatic heterocycles. The lowest BCUT2D eigenvalue weighted by Gasteiger charge is -2.09. The molecule has 2 aromatic rings. The number of hydrogen-bond acceptors (Lipinski definition) is 2. The Balaban J connectivity index is 1.86. The number of carbonyl (C=O) groups is 1. The van der Waals surface area contributed by atoms with Gasteiger partial charge in [-0.05, 0) is 63.5 Å². The van der Waals surface area contributed by atoms with Gasteiger partial charge in [-0.2, -0.15) is 0 Å². The van der Waals surface area contributed by atoms with E-state index in [0.717, 1.165) is 31.4 Å². The zero-order chi connectivity index (χ0) is 16.7. The number of nitrogens with zero attached hydrogens (tertiary/aromatic N) is 1. The summed E-state index contributed by atoms with van der Waals surface area (Å²) in [5, 5.41) is 0. The number of hydrogen-bond donors (Lipinski definition) is 0. The summed E-state index contributed by atoms with van der Waals surface area (Å²) in [6.45, 7) is 3.19. The highest BCUT2D eigenvalue weighted by molar-refractivity contribution is 5.96. The van der Waals surface area contributed by atoms with Crippen molar-refractivity contribution in [2.45, 2.75) is 32.6 Å². The predicted octanol–water partition coefficient (Wildman–Crippen LogP) is 4.30. The topological polar surface area (TPSA) is 20.3 Å². The van der Waals surface area contributed by atoms with Gasteiger partial charge in [0.15, 0.2) is 5.78 Å².